The fourth-order valence-electron chi connectivity index (χ4n) is 3.07. The maximum Gasteiger partial charge on any atom is 0.0215 e. The summed E-state index contributed by atoms with van der Waals surface area (Å²) in [6.45, 7) is 11.8. The molecule has 0 heterocycles. The fourth-order valence-corrected chi connectivity index (χ4v) is 3.94. The Hall–Kier alpha value is -0.300. The Kier molecular flexibility index (Phi) is 2.31. The molecule has 82 valence electrons. The van der Waals surface area contributed by atoms with E-state index in [-0.39, 0.29) is 10.8 Å². The van der Waals surface area contributed by atoms with Gasteiger partial charge in [-0.3, -0.25) is 0 Å². The van der Waals surface area contributed by atoms with E-state index < -0.39 is 0 Å². The molecule has 1 aliphatic carbocycles. The van der Waals surface area contributed by atoms with Gasteiger partial charge in [0.25, 0.3) is 0 Å². The lowest BCUT2D eigenvalue weighted by molar-refractivity contribution is 0.264. The van der Waals surface area contributed by atoms with E-state index in [2.05, 4.69) is 68.7 Å². The fraction of sp³-hybridized carbons (Fsp3) is 0.571. The van der Waals surface area contributed by atoms with Gasteiger partial charge in [0.2, 0.25) is 0 Å². The summed E-state index contributed by atoms with van der Waals surface area (Å²) < 4.78 is 1.27. The van der Waals surface area contributed by atoms with E-state index >= 15 is 0 Å². The number of halogens is 1. The number of benzene rings is 1. The maximum atomic E-state index is 3.70. The van der Waals surface area contributed by atoms with Crippen LogP contribution in [-0.2, 0) is 10.8 Å². The van der Waals surface area contributed by atoms with Crippen molar-refractivity contribution in [2.75, 3.05) is 0 Å². The van der Waals surface area contributed by atoms with Crippen LogP contribution < -0.4 is 0 Å². The zero-order valence-electron chi connectivity index (χ0n) is 10.2. The van der Waals surface area contributed by atoms with Crippen LogP contribution in [-0.4, -0.2) is 0 Å². The minimum Gasteiger partial charge on any atom is -0.0608 e. The summed E-state index contributed by atoms with van der Waals surface area (Å²) in [5.74, 6) is 0.665. The van der Waals surface area contributed by atoms with Crippen molar-refractivity contribution >= 4 is 15.9 Å². The van der Waals surface area contributed by atoms with E-state index in [0.717, 1.165) is 0 Å². The van der Waals surface area contributed by atoms with Gasteiger partial charge in [-0.25, -0.2) is 0 Å². The molecular formula is C14H19Br. The third kappa shape index (κ3) is 1.32. The van der Waals surface area contributed by atoms with Gasteiger partial charge in [0, 0.05) is 4.47 Å². The van der Waals surface area contributed by atoms with Gasteiger partial charge in [-0.05, 0) is 33.9 Å². The molecule has 0 N–H and O–H groups in total. The first-order chi connectivity index (χ1) is 6.79. The lowest BCUT2D eigenvalue weighted by Crippen LogP contribution is -2.30. The van der Waals surface area contributed by atoms with Crippen LogP contribution in [0.1, 0.15) is 45.7 Å². The van der Waals surface area contributed by atoms with Crippen molar-refractivity contribution in [2.45, 2.75) is 45.4 Å². The summed E-state index contributed by atoms with van der Waals surface area (Å²) >= 11 is 3.70. The lowest BCUT2D eigenvalue weighted by Gasteiger charge is -2.32. The minimum absolute atomic E-state index is 0.263. The topological polar surface area (TPSA) is 0 Å². The van der Waals surface area contributed by atoms with Gasteiger partial charge < -0.3 is 0 Å². The Morgan fingerprint density at radius 1 is 1.07 bits per heavy atom. The van der Waals surface area contributed by atoms with Crippen molar-refractivity contribution in [3.05, 3.63) is 33.8 Å². The van der Waals surface area contributed by atoms with E-state index in [0.29, 0.717) is 5.92 Å². The highest BCUT2D eigenvalue weighted by Crippen LogP contribution is 2.55. The number of hydrogen-bond acceptors (Lipinski definition) is 0. The SMILES string of the molecule is CC1C(C)(C)c2cccc(Br)c2C1(C)C. The average molecular weight is 267 g/mol. The van der Waals surface area contributed by atoms with Gasteiger partial charge >= 0.3 is 0 Å². The van der Waals surface area contributed by atoms with Gasteiger partial charge in [0.1, 0.15) is 0 Å². The van der Waals surface area contributed by atoms with Crippen molar-refractivity contribution in [1.82, 2.24) is 0 Å². The van der Waals surface area contributed by atoms with Gasteiger partial charge in [-0.1, -0.05) is 62.7 Å². The summed E-state index contributed by atoms with van der Waals surface area (Å²) in [7, 11) is 0. The van der Waals surface area contributed by atoms with Crippen molar-refractivity contribution in [2.24, 2.45) is 5.92 Å². The maximum absolute atomic E-state index is 3.70. The van der Waals surface area contributed by atoms with E-state index in [4.69, 9.17) is 0 Å². The standard InChI is InChI=1S/C14H19Br/c1-9-13(2,3)10-7-6-8-11(15)12(10)14(9,4)5/h6-9H,1-5H3. The zero-order chi connectivity index (χ0) is 11.4. The van der Waals surface area contributed by atoms with Gasteiger partial charge in [-0.15, -0.1) is 0 Å². The van der Waals surface area contributed by atoms with Gasteiger partial charge in [0.15, 0.2) is 0 Å². The third-order valence-corrected chi connectivity index (χ3v) is 5.18. The van der Waals surface area contributed by atoms with Crippen LogP contribution in [0.4, 0.5) is 0 Å². The smallest absolute Gasteiger partial charge is 0.0215 e. The van der Waals surface area contributed by atoms with Gasteiger partial charge in [0.05, 0.1) is 0 Å². The molecule has 1 heteroatoms. The summed E-state index contributed by atoms with van der Waals surface area (Å²) in [5, 5.41) is 0. The minimum atomic E-state index is 0.263. The Balaban J connectivity index is 2.77. The Morgan fingerprint density at radius 3 is 2.20 bits per heavy atom. The molecule has 1 aromatic carbocycles. The van der Waals surface area contributed by atoms with E-state index in [1.807, 2.05) is 0 Å². The summed E-state index contributed by atoms with van der Waals surface area (Å²) in [4.78, 5) is 0. The average Bonchev–Trinajstić information content (AvgIpc) is 2.27. The highest BCUT2D eigenvalue weighted by Gasteiger charge is 2.49. The van der Waals surface area contributed by atoms with Crippen LogP contribution in [0.3, 0.4) is 0 Å². The Morgan fingerprint density at radius 2 is 1.67 bits per heavy atom. The number of hydrogen-bond donors (Lipinski definition) is 0. The van der Waals surface area contributed by atoms with Crippen molar-refractivity contribution in [1.29, 1.82) is 0 Å². The molecule has 1 aliphatic rings. The largest absolute Gasteiger partial charge is 0.0608 e. The summed E-state index contributed by atoms with van der Waals surface area (Å²) in [6.07, 6.45) is 0. The molecule has 2 rings (SSSR count). The monoisotopic (exact) mass is 266 g/mol. The molecule has 1 atom stereocenters. The predicted molar refractivity (Wildman–Crippen MR) is 69.4 cm³/mol. The van der Waals surface area contributed by atoms with Gasteiger partial charge in [-0.2, -0.15) is 0 Å². The quantitative estimate of drug-likeness (QED) is 0.641. The first kappa shape index (κ1) is 11.2. The highest BCUT2D eigenvalue weighted by atomic mass is 79.9. The second kappa shape index (κ2) is 3.10. The van der Waals surface area contributed by atoms with Crippen LogP contribution in [0.2, 0.25) is 0 Å². The molecule has 0 aliphatic heterocycles. The molecule has 0 radical (unpaired) electrons. The third-order valence-electron chi connectivity index (χ3n) is 4.52. The molecule has 0 saturated carbocycles. The Bertz CT molecular complexity index is 402. The van der Waals surface area contributed by atoms with Crippen LogP contribution in [0.15, 0.2) is 22.7 Å². The molecular weight excluding hydrogens is 248 g/mol. The van der Waals surface area contributed by atoms with E-state index in [1.54, 1.807) is 0 Å². The molecule has 1 unspecified atom stereocenters. The zero-order valence-corrected chi connectivity index (χ0v) is 11.8. The number of rotatable bonds is 0. The molecule has 1 aromatic rings. The molecule has 0 fully saturated rings. The van der Waals surface area contributed by atoms with Crippen molar-refractivity contribution in [3.63, 3.8) is 0 Å². The summed E-state index contributed by atoms with van der Waals surface area (Å²) in [6, 6.07) is 6.60. The van der Waals surface area contributed by atoms with Crippen LogP contribution in [0.5, 0.6) is 0 Å². The van der Waals surface area contributed by atoms with Crippen LogP contribution in [0.25, 0.3) is 0 Å². The first-order valence-corrected chi connectivity index (χ1v) is 6.38. The van der Waals surface area contributed by atoms with E-state index in [1.165, 1.54) is 15.6 Å². The second-order valence-corrected chi connectivity index (χ2v) is 6.68. The molecule has 0 aromatic heterocycles. The molecule has 15 heavy (non-hydrogen) atoms. The normalized spacial score (nSPS) is 26.4. The summed E-state index contributed by atoms with van der Waals surface area (Å²) in [5.41, 5.74) is 3.55. The first-order valence-electron chi connectivity index (χ1n) is 5.59. The predicted octanol–water partition coefficient (Wildman–Crippen LogP) is 4.65. The lowest BCUT2D eigenvalue weighted by atomic mass is 9.71. The number of fused-ring (bicyclic) bond motifs is 1. The van der Waals surface area contributed by atoms with Crippen molar-refractivity contribution < 1.29 is 0 Å². The van der Waals surface area contributed by atoms with Crippen LogP contribution >= 0.6 is 15.9 Å². The highest BCUT2D eigenvalue weighted by molar-refractivity contribution is 9.10. The second-order valence-electron chi connectivity index (χ2n) is 5.83. The molecule has 0 saturated heterocycles. The molecule has 0 spiro atoms. The van der Waals surface area contributed by atoms with Crippen LogP contribution in [0, 0.1) is 5.92 Å². The van der Waals surface area contributed by atoms with Crippen molar-refractivity contribution in [3.8, 4) is 0 Å². The molecule has 0 amide bonds. The molecule has 0 nitrogen and oxygen atoms in total. The van der Waals surface area contributed by atoms with E-state index in [9.17, 15) is 0 Å². The molecule has 0 bridgehead atoms. The Labute approximate surface area is 101 Å².